The first-order valence-corrected chi connectivity index (χ1v) is 11.7. The predicted molar refractivity (Wildman–Crippen MR) is 126 cm³/mol. The molecule has 1 N–H and O–H groups in total. The Morgan fingerprint density at radius 2 is 1.97 bits per heavy atom. The van der Waals surface area contributed by atoms with Crippen molar-refractivity contribution in [3.63, 3.8) is 0 Å². The Labute approximate surface area is 197 Å². The van der Waals surface area contributed by atoms with E-state index in [1.807, 2.05) is 4.90 Å². The van der Waals surface area contributed by atoms with Gasteiger partial charge in [-0.2, -0.15) is 0 Å². The molecule has 7 nitrogen and oxygen atoms in total. The molecule has 2 amide bonds. The van der Waals surface area contributed by atoms with Crippen molar-refractivity contribution in [1.82, 2.24) is 19.8 Å². The second-order valence-electron chi connectivity index (χ2n) is 7.80. The molecule has 10 heteroatoms. The number of hydrogen-bond donors (Lipinski definition) is 1. The fourth-order valence-corrected chi connectivity index (χ4v) is 5.45. The molecular formula is C23H20ClFN4O3S. The minimum absolute atomic E-state index is 0.0214. The average molecular weight is 487 g/mol. The molecule has 1 saturated heterocycles. The Kier molecular flexibility index (Phi) is 5.46. The Balaban J connectivity index is 1.55. The van der Waals surface area contributed by atoms with E-state index in [0.717, 1.165) is 25.9 Å². The summed E-state index contributed by atoms with van der Waals surface area (Å²) in [6, 6.07) is 6.02. The van der Waals surface area contributed by atoms with Crippen LogP contribution in [0, 0.1) is 12.7 Å². The number of halogens is 2. The molecule has 170 valence electrons. The molecule has 0 atom stereocenters. The maximum atomic E-state index is 15.5. The summed E-state index contributed by atoms with van der Waals surface area (Å²) >= 11 is 7.66. The van der Waals surface area contributed by atoms with Crippen LogP contribution in [0.5, 0.6) is 11.5 Å². The first-order chi connectivity index (χ1) is 15.9. The second kappa shape index (κ2) is 8.31. The molecule has 1 fully saturated rings. The highest BCUT2D eigenvalue weighted by atomic mass is 35.5. The van der Waals surface area contributed by atoms with Crippen molar-refractivity contribution < 1.29 is 18.7 Å². The molecule has 0 spiro atoms. The number of nitrogens with zero attached hydrogens (tertiary/aromatic N) is 3. The monoisotopic (exact) mass is 486 g/mol. The van der Waals surface area contributed by atoms with Gasteiger partial charge in [-0.3, -0.25) is 14.3 Å². The van der Waals surface area contributed by atoms with Crippen LogP contribution < -0.4 is 10.1 Å². The van der Waals surface area contributed by atoms with Crippen LogP contribution in [-0.4, -0.2) is 46.5 Å². The Morgan fingerprint density at radius 1 is 1.21 bits per heavy atom. The fourth-order valence-electron chi connectivity index (χ4n) is 4.15. The quantitative estimate of drug-likeness (QED) is 0.411. The second-order valence-corrected chi connectivity index (χ2v) is 9.23. The van der Waals surface area contributed by atoms with Crippen molar-refractivity contribution in [2.45, 2.75) is 19.8 Å². The van der Waals surface area contributed by atoms with Gasteiger partial charge in [-0.25, -0.2) is 9.18 Å². The van der Waals surface area contributed by atoms with Crippen LogP contribution in [-0.2, 0) is 0 Å². The minimum atomic E-state index is -0.668. The number of ether oxygens (including phenoxy) is 1. The van der Waals surface area contributed by atoms with Gasteiger partial charge in [-0.15, -0.1) is 11.3 Å². The Morgan fingerprint density at radius 3 is 2.70 bits per heavy atom. The van der Waals surface area contributed by atoms with E-state index in [0.29, 0.717) is 32.1 Å². The highest BCUT2D eigenvalue weighted by molar-refractivity contribution is 7.21. The number of nitrogens with one attached hydrogen (secondary N) is 1. The third-order valence-corrected chi connectivity index (χ3v) is 7.40. The zero-order valence-corrected chi connectivity index (χ0v) is 19.5. The lowest BCUT2D eigenvalue weighted by Crippen LogP contribution is -2.26. The highest BCUT2D eigenvalue weighted by Gasteiger charge is 2.24. The molecule has 4 heterocycles. The van der Waals surface area contributed by atoms with Crippen molar-refractivity contribution in [2.75, 3.05) is 20.1 Å². The van der Waals surface area contributed by atoms with Crippen molar-refractivity contribution in [3.8, 4) is 11.5 Å². The van der Waals surface area contributed by atoms with Crippen LogP contribution in [0.15, 0.2) is 30.5 Å². The van der Waals surface area contributed by atoms with Gasteiger partial charge >= 0.3 is 6.03 Å². The van der Waals surface area contributed by atoms with E-state index < -0.39 is 11.8 Å². The van der Waals surface area contributed by atoms with Crippen molar-refractivity contribution in [1.29, 1.82) is 0 Å². The normalized spacial score (nSPS) is 13.8. The van der Waals surface area contributed by atoms with Gasteiger partial charge in [0.1, 0.15) is 5.75 Å². The largest absolute Gasteiger partial charge is 0.453 e. The van der Waals surface area contributed by atoms with Gasteiger partial charge in [0.15, 0.2) is 11.6 Å². The molecular weight excluding hydrogens is 467 g/mol. The van der Waals surface area contributed by atoms with Gasteiger partial charge in [0, 0.05) is 38.1 Å². The van der Waals surface area contributed by atoms with Crippen LogP contribution in [0.4, 0.5) is 9.18 Å². The molecule has 0 unspecified atom stereocenters. The first kappa shape index (κ1) is 21.7. The summed E-state index contributed by atoms with van der Waals surface area (Å²) in [5, 5.41) is 2.78. The number of benzene rings is 1. The number of pyridine rings is 1. The maximum Gasteiger partial charge on any atom is 0.326 e. The van der Waals surface area contributed by atoms with Gasteiger partial charge in [0.05, 0.1) is 31.0 Å². The summed E-state index contributed by atoms with van der Waals surface area (Å²) in [4.78, 5) is 31.8. The van der Waals surface area contributed by atoms with E-state index in [1.165, 1.54) is 29.0 Å². The molecule has 0 radical (unpaired) electrons. The molecule has 1 aliphatic heterocycles. The Hall–Kier alpha value is -3.17. The maximum absolute atomic E-state index is 15.5. The molecule has 0 saturated carbocycles. The number of amides is 2. The summed E-state index contributed by atoms with van der Waals surface area (Å²) in [6.45, 7) is 3.16. The molecule has 1 aliphatic rings. The number of fused-ring (bicyclic) bond motifs is 2. The van der Waals surface area contributed by atoms with Crippen LogP contribution in [0.25, 0.3) is 21.1 Å². The topological polar surface area (TPSA) is 76.5 Å². The number of thiophene rings is 1. The van der Waals surface area contributed by atoms with Gasteiger partial charge in [0.2, 0.25) is 0 Å². The zero-order chi connectivity index (χ0) is 23.3. The van der Waals surface area contributed by atoms with Gasteiger partial charge in [0.25, 0.3) is 5.91 Å². The number of carbonyl (C=O) groups is 2. The number of carbonyl (C=O) groups excluding carboxylic acids is 2. The molecule has 1 aromatic carbocycles. The zero-order valence-electron chi connectivity index (χ0n) is 17.9. The lowest BCUT2D eigenvalue weighted by molar-refractivity contribution is 0.0797. The van der Waals surface area contributed by atoms with Crippen LogP contribution in [0.3, 0.4) is 0 Å². The summed E-state index contributed by atoms with van der Waals surface area (Å²) in [6.07, 6.45) is 3.58. The lowest BCUT2D eigenvalue weighted by atomic mass is 10.2. The van der Waals surface area contributed by atoms with Crippen LogP contribution in [0.2, 0.25) is 5.02 Å². The highest BCUT2D eigenvalue weighted by Crippen LogP contribution is 2.40. The summed E-state index contributed by atoms with van der Waals surface area (Å²) in [5.41, 5.74) is 1.38. The van der Waals surface area contributed by atoms with Crippen LogP contribution in [0.1, 0.15) is 28.2 Å². The molecule has 5 rings (SSSR count). The van der Waals surface area contributed by atoms with Crippen molar-refractivity contribution >= 4 is 56.0 Å². The smallest absolute Gasteiger partial charge is 0.326 e. The van der Waals surface area contributed by atoms with Gasteiger partial charge in [-0.1, -0.05) is 11.6 Å². The molecule has 33 heavy (non-hydrogen) atoms. The fraction of sp³-hybridized carbons (Fsp3) is 0.261. The first-order valence-electron chi connectivity index (χ1n) is 10.5. The summed E-state index contributed by atoms with van der Waals surface area (Å²) in [5.74, 6) is -0.334. The average Bonchev–Trinajstić information content (AvgIpc) is 3.54. The van der Waals surface area contributed by atoms with E-state index >= 15 is 4.39 Å². The van der Waals surface area contributed by atoms with E-state index in [9.17, 15) is 9.59 Å². The standard InChI is InChI=1S/C23H20ClFN4O3S/c1-12-19(24)18-14(29(12)23(31)26-2)5-6-15(20(18)25)32-16-7-8-27-13-11-17(33-21(13)16)22(30)28-9-3-4-10-28/h5-8,11H,3-4,9-10H2,1-2H3,(H,26,31). The predicted octanol–water partition coefficient (Wildman–Crippen LogP) is 5.57. The molecule has 0 bridgehead atoms. The van der Waals surface area contributed by atoms with E-state index in [-0.39, 0.29) is 22.1 Å². The van der Waals surface area contributed by atoms with Gasteiger partial charge < -0.3 is 15.0 Å². The van der Waals surface area contributed by atoms with E-state index in [2.05, 4.69) is 10.3 Å². The molecule has 0 aliphatic carbocycles. The third kappa shape index (κ3) is 3.52. The third-order valence-electron chi connectivity index (χ3n) is 5.81. The van der Waals surface area contributed by atoms with Crippen LogP contribution >= 0.6 is 22.9 Å². The molecule has 4 aromatic rings. The van der Waals surface area contributed by atoms with Crippen molar-refractivity contribution in [3.05, 3.63) is 51.9 Å². The van der Waals surface area contributed by atoms with Gasteiger partial charge in [-0.05, 0) is 38.0 Å². The number of hydrogen-bond acceptors (Lipinski definition) is 5. The van der Waals surface area contributed by atoms with E-state index in [1.54, 1.807) is 31.3 Å². The summed E-state index contributed by atoms with van der Waals surface area (Å²) in [7, 11) is 1.49. The van der Waals surface area contributed by atoms with Crippen molar-refractivity contribution in [2.24, 2.45) is 0 Å². The SMILES string of the molecule is CNC(=O)n1c(C)c(Cl)c2c(F)c(Oc3ccnc4cc(C(=O)N5CCCC5)sc34)ccc21. The number of aromatic nitrogens is 2. The number of rotatable bonds is 3. The molecule has 3 aromatic heterocycles. The number of likely N-dealkylation sites (tertiary alicyclic amines) is 1. The Bertz CT molecular complexity index is 1420. The lowest BCUT2D eigenvalue weighted by Gasteiger charge is -2.13. The summed E-state index contributed by atoms with van der Waals surface area (Å²) < 4.78 is 23.4. The minimum Gasteiger partial charge on any atom is -0.453 e. The van der Waals surface area contributed by atoms with E-state index in [4.69, 9.17) is 16.3 Å².